The summed E-state index contributed by atoms with van der Waals surface area (Å²) in [5.74, 6) is 1.24. The van der Waals surface area contributed by atoms with E-state index in [9.17, 15) is 4.39 Å². The summed E-state index contributed by atoms with van der Waals surface area (Å²) in [6.45, 7) is 0.493. The predicted octanol–water partition coefficient (Wildman–Crippen LogP) is 5.14. The molecule has 134 valence electrons. The highest BCUT2D eigenvalue weighted by Crippen LogP contribution is 2.34. The number of benzene rings is 2. The molecule has 1 N–H and O–H groups in total. The molecule has 1 aliphatic heterocycles. The first-order valence-electron chi connectivity index (χ1n) is 8.68. The molecule has 0 amide bonds. The van der Waals surface area contributed by atoms with Gasteiger partial charge in [0.1, 0.15) is 17.1 Å². The van der Waals surface area contributed by atoms with Gasteiger partial charge in [0.15, 0.2) is 5.82 Å². The summed E-state index contributed by atoms with van der Waals surface area (Å²) < 4.78 is 20.5. The minimum Gasteiger partial charge on any atom is -0.493 e. The minimum absolute atomic E-state index is 0.0205. The van der Waals surface area contributed by atoms with Crippen LogP contribution in [0, 0.1) is 5.82 Å². The van der Waals surface area contributed by atoms with Crippen LogP contribution >= 0.6 is 11.6 Å². The number of rotatable bonds is 2. The molecule has 1 unspecified atom stereocenters. The van der Waals surface area contributed by atoms with Crippen molar-refractivity contribution >= 4 is 22.6 Å². The van der Waals surface area contributed by atoms with Crippen LogP contribution in [-0.2, 0) is 6.42 Å². The van der Waals surface area contributed by atoms with Crippen LogP contribution < -0.4 is 4.74 Å². The number of aromatic amines is 1. The van der Waals surface area contributed by atoms with E-state index in [0.717, 1.165) is 34.7 Å². The molecule has 2 aromatic heterocycles. The molecule has 2 aromatic carbocycles. The van der Waals surface area contributed by atoms with Crippen molar-refractivity contribution in [1.29, 1.82) is 0 Å². The van der Waals surface area contributed by atoms with Crippen LogP contribution in [0.25, 0.3) is 22.2 Å². The predicted molar refractivity (Wildman–Crippen MR) is 103 cm³/mol. The number of aromatic nitrogens is 3. The minimum atomic E-state index is -0.345. The summed E-state index contributed by atoms with van der Waals surface area (Å²) >= 11 is 6.10. The van der Waals surface area contributed by atoms with Crippen molar-refractivity contribution < 1.29 is 9.13 Å². The van der Waals surface area contributed by atoms with Gasteiger partial charge in [0.25, 0.3) is 0 Å². The van der Waals surface area contributed by atoms with Gasteiger partial charge in [-0.2, -0.15) is 0 Å². The van der Waals surface area contributed by atoms with Crippen molar-refractivity contribution in [2.45, 2.75) is 12.3 Å². The van der Waals surface area contributed by atoms with E-state index in [0.29, 0.717) is 22.7 Å². The lowest BCUT2D eigenvalue weighted by Crippen LogP contribution is -2.20. The molecule has 0 saturated carbocycles. The van der Waals surface area contributed by atoms with Gasteiger partial charge >= 0.3 is 0 Å². The average Bonchev–Trinajstić information content (AvgIpc) is 3.13. The maximum Gasteiger partial charge on any atom is 0.151 e. The second kappa shape index (κ2) is 6.35. The van der Waals surface area contributed by atoms with E-state index in [1.165, 1.54) is 6.07 Å². The number of imidazole rings is 1. The molecule has 0 bridgehead atoms. The Hall–Kier alpha value is -2.92. The van der Waals surface area contributed by atoms with Gasteiger partial charge in [0.2, 0.25) is 0 Å². The van der Waals surface area contributed by atoms with E-state index in [1.807, 2.05) is 36.4 Å². The molecule has 3 heterocycles. The fourth-order valence-electron chi connectivity index (χ4n) is 3.54. The third-order valence-corrected chi connectivity index (χ3v) is 5.12. The first-order valence-corrected chi connectivity index (χ1v) is 9.06. The number of hydrogen-bond donors (Lipinski definition) is 1. The van der Waals surface area contributed by atoms with E-state index in [2.05, 4.69) is 15.0 Å². The molecule has 4 aromatic rings. The van der Waals surface area contributed by atoms with Crippen LogP contribution in [0.2, 0.25) is 5.02 Å². The normalized spacial score (nSPS) is 16.1. The summed E-state index contributed by atoms with van der Waals surface area (Å²) in [5.41, 5.74) is 3.76. The zero-order valence-electron chi connectivity index (χ0n) is 14.2. The van der Waals surface area contributed by atoms with Crippen LogP contribution in [0.1, 0.15) is 17.3 Å². The number of ether oxygens (including phenoxy) is 1. The van der Waals surface area contributed by atoms with Crippen molar-refractivity contribution in [2.75, 3.05) is 6.61 Å². The maximum atomic E-state index is 14.7. The zero-order valence-corrected chi connectivity index (χ0v) is 15.0. The molecule has 6 heteroatoms. The molecule has 0 aliphatic carbocycles. The summed E-state index contributed by atoms with van der Waals surface area (Å²) in [5, 5.41) is 0.677. The number of halogens is 2. The fraction of sp³-hybridized carbons (Fsp3) is 0.143. The van der Waals surface area contributed by atoms with Crippen molar-refractivity contribution in [2.24, 2.45) is 0 Å². The number of nitrogens with zero attached hydrogens (tertiary/aromatic N) is 2. The highest BCUT2D eigenvalue weighted by molar-refractivity contribution is 6.30. The van der Waals surface area contributed by atoms with Crippen molar-refractivity contribution in [3.8, 4) is 16.9 Å². The zero-order chi connectivity index (χ0) is 18.4. The van der Waals surface area contributed by atoms with Gasteiger partial charge in [-0.1, -0.05) is 11.6 Å². The second-order valence-electron chi connectivity index (χ2n) is 6.68. The van der Waals surface area contributed by atoms with Crippen molar-refractivity contribution in [3.05, 3.63) is 77.1 Å². The molecule has 1 aliphatic rings. The maximum absolute atomic E-state index is 14.7. The van der Waals surface area contributed by atoms with E-state index < -0.39 is 0 Å². The summed E-state index contributed by atoms with van der Waals surface area (Å²) in [6, 6.07) is 12.7. The third kappa shape index (κ3) is 2.94. The van der Waals surface area contributed by atoms with Gasteiger partial charge in [-0.3, -0.25) is 4.98 Å². The number of pyridine rings is 1. The molecular formula is C21H15ClFN3O. The molecule has 0 radical (unpaired) electrons. The summed E-state index contributed by atoms with van der Waals surface area (Å²) in [4.78, 5) is 11.8. The van der Waals surface area contributed by atoms with Crippen LogP contribution in [0.15, 0.2) is 54.9 Å². The molecule has 5 rings (SSSR count). The molecule has 0 spiro atoms. The van der Waals surface area contributed by atoms with Gasteiger partial charge < -0.3 is 9.72 Å². The Balaban J connectivity index is 1.53. The number of fused-ring (bicyclic) bond motifs is 2. The third-order valence-electron chi connectivity index (χ3n) is 4.89. The first-order chi connectivity index (χ1) is 13.2. The standard InChI is InChI=1S/C21H15ClFN3O/c22-16-1-2-19-14(8-16)7-15(11-27-19)21-25-18-10-13(9-17(23)20(18)26-21)12-3-5-24-6-4-12/h1-6,8-10,15H,7,11H2,(H,25,26). The Morgan fingerprint density at radius 3 is 2.78 bits per heavy atom. The topological polar surface area (TPSA) is 50.8 Å². The second-order valence-corrected chi connectivity index (χ2v) is 7.11. The van der Waals surface area contributed by atoms with Gasteiger partial charge in [-0.05, 0) is 65.6 Å². The molecular weight excluding hydrogens is 365 g/mol. The highest BCUT2D eigenvalue weighted by Gasteiger charge is 2.25. The lowest BCUT2D eigenvalue weighted by Gasteiger charge is -2.24. The van der Waals surface area contributed by atoms with Crippen LogP contribution in [0.4, 0.5) is 4.39 Å². The summed E-state index contributed by atoms with van der Waals surface area (Å²) in [6.07, 6.45) is 4.13. The molecule has 1 atom stereocenters. The lowest BCUT2D eigenvalue weighted by atomic mass is 9.96. The largest absolute Gasteiger partial charge is 0.493 e. The summed E-state index contributed by atoms with van der Waals surface area (Å²) in [7, 11) is 0. The van der Waals surface area contributed by atoms with E-state index in [-0.39, 0.29) is 11.7 Å². The molecule has 0 saturated heterocycles. The highest BCUT2D eigenvalue weighted by atomic mass is 35.5. The quantitative estimate of drug-likeness (QED) is 0.525. The van der Waals surface area contributed by atoms with Crippen LogP contribution in [0.3, 0.4) is 0 Å². The fourth-order valence-corrected chi connectivity index (χ4v) is 3.73. The van der Waals surface area contributed by atoms with Gasteiger partial charge in [0.05, 0.1) is 18.0 Å². The monoisotopic (exact) mass is 379 g/mol. The Kier molecular flexibility index (Phi) is 3.83. The smallest absolute Gasteiger partial charge is 0.151 e. The Labute approximate surface area is 160 Å². The Bertz CT molecular complexity index is 1140. The van der Waals surface area contributed by atoms with Gasteiger partial charge in [-0.25, -0.2) is 9.37 Å². The van der Waals surface area contributed by atoms with E-state index in [1.54, 1.807) is 12.4 Å². The van der Waals surface area contributed by atoms with E-state index >= 15 is 0 Å². The van der Waals surface area contributed by atoms with E-state index in [4.69, 9.17) is 16.3 Å². The van der Waals surface area contributed by atoms with Crippen LogP contribution in [-0.4, -0.2) is 21.6 Å². The van der Waals surface area contributed by atoms with Crippen LogP contribution in [0.5, 0.6) is 5.75 Å². The lowest BCUT2D eigenvalue weighted by molar-refractivity contribution is 0.258. The first kappa shape index (κ1) is 16.3. The molecule has 0 fully saturated rings. The SMILES string of the molecule is Fc1cc(-c2ccncc2)cc2[nH]c(C3COc4ccc(Cl)cc4C3)nc12. The van der Waals surface area contributed by atoms with Crippen molar-refractivity contribution in [1.82, 2.24) is 15.0 Å². The average molecular weight is 380 g/mol. The van der Waals surface area contributed by atoms with Gasteiger partial charge in [0, 0.05) is 17.4 Å². The van der Waals surface area contributed by atoms with Crippen molar-refractivity contribution in [3.63, 3.8) is 0 Å². The Morgan fingerprint density at radius 2 is 1.93 bits per heavy atom. The molecule has 4 nitrogen and oxygen atoms in total. The van der Waals surface area contributed by atoms with Gasteiger partial charge in [-0.15, -0.1) is 0 Å². The Morgan fingerprint density at radius 1 is 1.07 bits per heavy atom. The number of hydrogen-bond acceptors (Lipinski definition) is 3. The number of nitrogens with one attached hydrogen (secondary N) is 1. The molecule has 27 heavy (non-hydrogen) atoms. The number of H-pyrrole nitrogens is 1.